The number of nitrogens with two attached hydrogens (primary N) is 4. The number of aliphatic hydroxyl groups excluding tert-OH is 1. The number of carboxylic acids is 2. The van der Waals surface area contributed by atoms with Crippen LogP contribution in [0.2, 0.25) is 0 Å². The predicted molar refractivity (Wildman–Crippen MR) is 233 cm³/mol. The second-order valence-electron chi connectivity index (χ2n) is 15.8. The van der Waals surface area contributed by atoms with Crippen LogP contribution in [-0.4, -0.2) is 153 Å². The molecule has 9 atom stereocenters. The van der Waals surface area contributed by atoms with Crippen molar-refractivity contribution in [1.82, 2.24) is 42.5 Å². The van der Waals surface area contributed by atoms with Gasteiger partial charge in [0.15, 0.2) is 0 Å². The number of nitrogens with one attached hydrogen (secondary N) is 8. The van der Waals surface area contributed by atoms with E-state index in [0.717, 1.165) is 6.92 Å². The number of amides is 11. The van der Waals surface area contributed by atoms with Gasteiger partial charge in [0, 0.05) is 12.8 Å². The summed E-state index contributed by atoms with van der Waals surface area (Å²) < 4.78 is 0. The lowest BCUT2D eigenvalue weighted by Gasteiger charge is -2.27. The average molecular weight is 965 g/mol. The van der Waals surface area contributed by atoms with Crippen molar-refractivity contribution in [1.29, 1.82) is 0 Å². The van der Waals surface area contributed by atoms with Crippen LogP contribution in [0.3, 0.4) is 0 Å². The standard InChI is InChI=1S/C40H60N12O16/c1-17(2)31(38(65)49-24(14-28(44)56)37(64)48-23(12-20-8-6-5-7-9-20)36(63)47-22(40(67)68)10-11-26(42)54)51-33(60)18(3)46-29(57)16-45-35(62)25(15-30(58)59)50-39(66)32(19(4)53)52-34(61)21(41)13-27(43)55/h5-9,17-19,21-25,31-32,53H,10-16,41H2,1-4H3,(H2,42,54)(H2,43,55)(H2,44,56)(H,45,62)(H,46,57)(H,47,63)(H,48,64)(H,49,65)(H,50,66)(H,51,60)(H,52,61)(H,58,59)(H,67,68)/t18-,19+,21-,22-,23-,24-,25-,31-,32-/m0/s1. The van der Waals surface area contributed by atoms with Gasteiger partial charge < -0.3 is 80.8 Å². The molecule has 0 bridgehead atoms. The maximum atomic E-state index is 13.7. The van der Waals surface area contributed by atoms with Crippen LogP contribution < -0.4 is 65.5 Å². The molecule has 68 heavy (non-hydrogen) atoms. The molecule has 0 aliphatic carbocycles. The third-order valence-electron chi connectivity index (χ3n) is 9.52. The zero-order valence-corrected chi connectivity index (χ0v) is 37.6. The minimum absolute atomic E-state index is 0.210. The number of aliphatic carboxylic acids is 2. The number of carbonyl (C=O) groups is 13. The van der Waals surface area contributed by atoms with E-state index in [1.807, 2.05) is 5.32 Å². The zero-order valence-electron chi connectivity index (χ0n) is 37.6. The Balaban J connectivity index is 3.10. The fourth-order valence-corrected chi connectivity index (χ4v) is 5.90. The lowest BCUT2D eigenvalue weighted by molar-refractivity contribution is -0.143. The van der Waals surface area contributed by atoms with E-state index in [-0.39, 0.29) is 12.8 Å². The molecule has 0 heterocycles. The Hall–Kier alpha value is -7.75. The van der Waals surface area contributed by atoms with Crippen molar-refractivity contribution in [3.8, 4) is 0 Å². The summed E-state index contributed by atoms with van der Waals surface area (Å²) in [5.74, 6) is -15.4. The number of rotatable bonds is 30. The minimum Gasteiger partial charge on any atom is -0.481 e. The highest BCUT2D eigenvalue weighted by Crippen LogP contribution is 2.09. The van der Waals surface area contributed by atoms with Crippen LogP contribution in [0.1, 0.15) is 65.4 Å². The van der Waals surface area contributed by atoms with E-state index in [1.165, 1.54) is 20.8 Å². The molecule has 11 amide bonds. The Labute approximate surface area is 388 Å². The van der Waals surface area contributed by atoms with Gasteiger partial charge in [-0.3, -0.25) is 57.5 Å². The fourth-order valence-electron chi connectivity index (χ4n) is 5.90. The first kappa shape index (κ1) is 58.3. The Morgan fingerprint density at radius 2 is 1.04 bits per heavy atom. The van der Waals surface area contributed by atoms with Crippen molar-refractivity contribution < 1.29 is 77.6 Å². The van der Waals surface area contributed by atoms with Crippen molar-refractivity contribution in [3.63, 3.8) is 0 Å². The van der Waals surface area contributed by atoms with Gasteiger partial charge in [-0.15, -0.1) is 0 Å². The largest absolute Gasteiger partial charge is 0.481 e. The minimum atomic E-state index is -1.88. The molecule has 0 saturated carbocycles. The number of hydrogen-bond acceptors (Lipinski definition) is 15. The van der Waals surface area contributed by atoms with Gasteiger partial charge in [0.2, 0.25) is 65.0 Å². The van der Waals surface area contributed by atoms with Crippen LogP contribution in [-0.2, 0) is 68.7 Å². The van der Waals surface area contributed by atoms with Gasteiger partial charge in [-0.25, -0.2) is 4.79 Å². The Kier molecular flexibility index (Phi) is 24.3. The second-order valence-corrected chi connectivity index (χ2v) is 15.8. The van der Waals surface area contributed by atoms with Gasteiger partial charge in [-0.1, -0.05) is 44.2 Å². The summed E-state index contributed by atoms with van der Waals surface area (Å²) in [5, 5.41) is 46.8. The third kappa shape index (κ3) is 21.5. The molecular formula is C40H60N12O16. The number of benzene rings is 1. The van der Waals surface area contributed by atoms with E-state index in [2.05, 4.69) is 37.2 Å². The highest BCUT2D eigenvalue weighted by atomic mass is 16.4. The van der Waals surface area contributed by atoms with Crippen LogP contribution in [0.15, 0.2) is 30.3 Å². The number of carboxylic acid groups (broad SMARTS) is 2. The van der Waals surface area contributed by atoms with Gasteiger partial charge in [-0.05, 0) is 31.7 Å². The van der Waals surface area contributed by atoms with Gasteiger partial charge >= 0.3 is 11.9 Å². The molecule has 1 aromatic carbocycles. The van der Waals surface area contributed by atoms with Gasteiger partial charge in [-0.2, -0.15) is 0 Å². The third-order valence-corrected chi connectivity index (χ3v) is 9.52. The molecule has 0 aliphatic rings. The van der Waals surface area contributed by atoms with Crippen LogP contribution in [0.5, 0.6) is 0 Å². The number of hydrogen-bond donors (Lipinski definition) is 15. The summed E-state index contributed by atoms with van der Waals surface area (Å²) in [7, 11) is 0. The average Bonchev–Trinajstić information content (AvgIpc) is 3.23. The first-order valence-electron chi connectivity index (χ1n) is 20.8. The van der Waals surface area contributed by atoms with Crippen molar-refractivity contribution in [2.45, 2.75) is 121 Å². The summed E-state index contributed by atoms with van der Waals surface area (Å²) in [6.07, 6.45) is -5.09. The first-order chi connectivity index (χ1) is 31.6. The summed E-state index contributed by atoms with van der Waals surface area (Å²) in [6.45, 7) is 4.34. The van der Waals surface area contributed by atoms with Crippen molar-refractivity contribution in [2.24, 2.45) is 28.9 Å². The van der Waals surface area contributed by atoms with Crippen LogP contribution in [0.25, 0.3) is 0 Å². The van der Waals surface area contributed by atoms with Gasteiger partial charge in [0.25, 0.3) is 0 Å². The molecule has 1 rings (SSSR count). The molecule has 0 aromatic heterocycles. The van der Waals surface area contributed by atoms with E-state index < -0.39 is 170 Å². The van der Waals surface area contributed by atoms with Crippen molar-refractivity contribution >= 4 is 76.9 Å². The SMILES string of the molecule is CC(C)[C@H](NC(=O)[C@H](C)NC(=O)CNC(=O)[C@H](CC(=O)O)NC(=O)[C@@H](NC(=O)[C@@H](N)CC(N)=O)[C@@H](C)O)C(=O)N[C@@H](CC(N)=O)C(=O)N[C@@H](Cc1ccccc1)C(=O)N[C@@H](CCC(N)=O)C(=O)O. The maximum absolute atomic E-state index is 13.7. The van der Waals surface area contributed by atoms with E-state index >= 15 is 0 Å². The van der Waals surface area contributed by atoms with Gasteiger partial charge in [0.1, 0.15) is 42.3 Å². The molecule has 28 nitrogen and oxygen atoms in total. The van der Waals surface area contributed by atoms with Crippen molar-refractivity contribution in [2.75, 3.05) is 6.54 Å². The summed E-state index contributed by atoms with van der Waals surface area (Å²) in [4.78, 5) is 163. The molecule has 0 spiro atoms. The van der Waals surface area contributed by atoms with Crippen molar-refractivity contribution in [3.05, 3.63) is 35.9 Å². The van der Waals surface area contributed by atoms with Crippen LogP contribution in [0.4, 0.5) is 0 Å². The monoisotopic (exact) mass is 964 g/mol. The number of primary amides is 3. The topological polar surface area (TPSA) is 483 Å². The molecular weight excluding hydrogens is 905 g/mol. The Morgan fingerprint density at radius 1 is 0.544 bits per heavy atom. The highest BCUT2D eigenvalue weighted by molar-refractivity contribution is 5.99. The maximum Gasteiger partial charge on any atom is 0.326 e. The Morgan fingerprint density at radius 3 is 1.54 bits per heavy atom. The quantitative estimate of drug-likeness (QED) is 0.0341. The second kappa shape index (κ2) is 28.3. The molecule has 0 radical (unpaired) electrons. The van der Waals surface area contributed by atoms with Crippen LogP contribution >= 0.6 is 0 Å². The molecule has 0 unspecified atom stereocenters. The predicted octanol–water partition coefficient (Wildman–Crippen LogP) is -7.30. The highest BCUT2D eigenvalue weighted by Gasteiger charge is 2.35. The molecule has 376 valence electrons. The molecule has 0 aliphatic heterocycles. The van der Waals surface area contributed by atoms with Crippen LogP contribution in [0, 0.1) is 5.92 Å². The van der Waals surface area contributed by atoms with E-state index in [9.17, 15) is 77.6 Å². The lowest BCUT2D eigenvalue weighted by Crippen LogP contribution is -2.60. The summed E-state index contributed by atoms with van der Waals surface area (Å²) >= 11 is 0. The Bertz CT molecular complexity index is 2040. The van der Waals surface area contributed by atoms with E-state index in [0.29, 0.717) is 5.56 Å². The lowest BCUT2D eigenvalue weighted by atomic mass is 10.0. The molecule has 28 heteroatoms. The summed E-state index contributed by atoms with van der Waals surface area (Å²) in [5.41, 5.74) is 21.6. The molecule has 1 aromatic rings. The van der Waals surface area contributed by atoms with E-state index in [1.54, 1.807) is 30.3 Å². The van der Waals surface area contributed by atoms with E-state index in [4.69, 9.17) is 22.9 Å². The normalized spacial score (nSPS) is 14.8. The smallest absolute Gasteiger partial charge is 0.326 e. The fraction of sp³-hybridized carbons (Fsp3) is 0.525. The first-order valence-corrected chi connectivity index (χ1v) is 20.8. The zero-order chi connectivity index (χ0) is 52.0. The summed E-state index contributed by atoms with van der Waals surface area (Å²) in [6, 6.07) is -4.81. The number of aliphatic hydroxyl groups is 1. The molecule has 0 saturated heterocycles. The molecule has 19 N–H and O–H groups in total. The number of carbonyl (C=O) groups excluding carboxylic acids is 11. The molecule has 0 fully saturated rings. The van der Waals surface area contributed by atoms with Gasteiger partial charge in [0.05, 0.1) is 38.0 Å².